The van der Waals surface area contributed by atoms with E-state index in [4.69, 9.17) is 4.74 Å². The van der Waals surface area contributed by atoms with Gasteiger partial charge in [-0.25, -0.2) is 13.2 Å². The summed E-state index contributed by atoms with van der Waals surface area (Å²) in [7, 11) is 0. The number of rotatable bonds is 3. The lowest BCUT2D eigenvalue weighted by molar-refractivity contribution is 0.304. The average molecular weight is 317 g/mol. The molecule has 2 aromatic rings. The molecule has 0 aliphatic heterocycles. The van der Waals surface area contributed by atoms with Crippen molar-refractivity contribution in [2.24, 2.45) is 0 Å². The van der Waals surface area contributed by atoms with Gasteiger partial charge < -0.3 is 4.74 Å². The lowest BCUT2D eigenvalue weighted by Crippen LogP contribution is -1.97. The van der Waals surface area contributed by atoms with E-state index in [2.05, 4.69) is 15.9 Å². The maximum absolute atomic E-state index is 13.0. The van der Waals surface area contributed by atoms with Gasteiger partial charge in [-0.05, 0) is 51.8 Å². The number of benzene rings is 2. The molecule has 0 aliphatic rings. The third-order valence-corrected chi connectivity index (χ3v) is 2.83. The van der Waals surface area contributed by atoms with Crippen LogP contribution in [0.25, 0.3) is 0 Å². The molecular weight excluding hydrogens is 309 g/mol. The van der Waals surface area contributed by atoms with Gasteiger partial charge in [0.25, 0.3) is 0 Å². The van der Waals surface area contributed by atoms with Gasteiger partial charge in [-0.15, -0.1) is 0 Å². The fourth-order valence-corrected chi connectivity index (χ4v) is 1.79. The van der Waals surface area contributed by atoms with Crippen LogP contribution < -0.4 is 4.74 Å². The second-order valence-electron chi connectivity index (χ2n) is 3.64. The summed E-state index contributed by atoms with van der Waals surface area (Å²) < 4.78 is 44.4. The summed E-state index contributed by atoms with van der Waals surface area (Å²) in [4.78, 5) is 0. The molecule has 18 heavy (non-hydrogen) atoms. The van der Waals surface area contributed by atoms with Crippen LogP contribution in [-0.2, 0) is 6.61 Å². The first-order valence-corrected chi connectivity index (χ1v) is 5.87. The third-order valence-electron chi connectivity index (χ3n) is 2.22. The van der Waals surface area contributed by atoms with Crippen LogP contribution in [0, 0.1) is 17.5 Å². The minimum atomic E-state index is -0.658. The van der Waals surface area contributed by atoms with Gasteiger partial charge in [0, 0.05) is 6.07 Å². The molecule has 0 spiro atoms. The lowest BCUT2D eigenvalue weighted by Gasteiger charge is -2.07. The standard InChI is InChI=1S/C13H8BrF3O/c14-12-6-11(1-2-13(12)17)18-7-8-3-9(15)5-10(16)4-8/h1-6H,7H2. The van der Waals surface area contributed by atoms with Crippen LogP contribution in [0.15, 0.2) is 40.9 Å². The lowest BCUT2D eigenvalue weighted by atomic mass is 10.2. The fraction of sp³-hybridized carbons (Fsp3) is 0.0769. The molecule has 0 heterocycles. The molecule has 1 nitrogen and oxygen atoms in total. The van der Waals surface area contributed by atoms with Crippen molar-refractivity contribution in [3.63, 3.8) is 0 Å². The summed E-state index contributed by atoms with van der Waals surface area (Å²) in [6.07, 6.45) is 0. The van der Waals surface area contributed by atoms with E-state index in [1.807, 2.05) is 0 Å². The van der Waals surface area contributed by atoms with E-state index in [-0.39, 0.29) is 11.1 Å². The molecule has 2 rings (SSSR count). The van der Waals surface area contributed by atoms with Crippen molar-refractivity contribution >= 4 is 15.9 Å². The fourth-order valence-electron chi connectivity index (χ4n) is 1.43. The zero-order valence-electron chi connectivity index (χ0n) is 9.09. The zero-order valence-corrected chi connectivity index (χ0v) is 10.7. The van der Waals surface area contributed by atoms with Crippen LogP contribution in [0.3, 0.4) is 0 Å². The van der Waals surface area contributed by atoms with Crippen LogP contribution in [0.5, 0.6) is 5.75 Å². The Bertz CT molecular complexity index is 552. The molecule has 0 radical (unpaired) electrons. The van der Waals surface area contributed by atoms with E-state index in [1.54, 1.807) is 0 Å². The molecule has 0 unspecified atom stereocenters. The van der Waals surface area contributed by atoms with Crippen molar-refractivity contribution < 1.29 is 17.9 Å². The van der Waals surface area contributed by atoms with E-state index < -0.39 is 17.5 Å². The molecule has 5 heteroatoms. The van der Waals surface area contributed by atoms with E-state index in [0.717, 1.165) is 6.07 Å². The summed E-state index contributed by atoms with van der Waals surface area (Å²) >= 11 is 3.02. The molecule has 0 N–H and O–H groups in total. The minimum absolute atomic E-state index is 0.00670. The van der Waals surface area contributed by atoms with Gasteiger partial charge in [0.1, 0.15) is 29.8 Å². The van der Waals surface area contributed by atoms with Gasteiger partial charge in [-0.1, -0.05) is 0 Å². The summed E-state index contributed by atoms with van der Waals surface area (Å²) in [5.41, 5.74) is 0.368. The second kappa shape index (κ2) is 5.44. The Kier molecular flexibility index (Phi) is 3.91. The number of ether oxygens (including phenoxy) is 1. The Hall–Kier alpha value is -1.49. The molecule has 2 aromatic carbocycles. The second-order valence-corrected chi connectivity index (χ2v) is 4.50. The van der Waals surface area contributed by atoms with Crippen molar-refractivity contribution in [2.75, 3.05) is 0 Å². The summed E-state index contributed by atoms with van der Waals surface area (Å²) in [6, 6.07) is 7.29. The SMILES string of the molecule is Fc1cc(F)cc(COc2ccc(F)c(Br)c2)c1. The molecule has 94 valence electrons. The number of hydrogen-bond acceptors (Lipinski definition) is 1. The van der Waals surface area contributed by atoms with Gasteiger partial charge in [0.05, 0.1) is 4.47 Å². The van der Waals surface area contributed by atoms with Gasteiger partial charge >= 0.3 is 0 Å². The maximum atomic E-state index is 13.0. The Labute approximate surface area is 110 Å². The summed E-state index contributed by atoms with van der Waals surface area (Å²) in [6.45, 7) is 0.00670. The van der Waals surface area contributed by atoms with Crippen LogP contribution in [0.2, 0.25) is 0 Å². The Morgan fingerprint density at radius 1 is 0.944 bits per heavy atom. The highest BCUT2D eigenvalue weighted by Crippen LogP contribution is 2.22. The Morgan fingerprint density at radius 2 is 1.61 bits per heavy atom. The van der Waals surface area contributed by atoms with E-state index in [9.17, 15) is 13.2 Å². The molecular formula is C13H8BrF3O. The summed E-state index contributed by atoms with van der Waals surface area (Å²) in [5.74, 6) is -1.31. The number of hydrogen-bond donors (Lipinski definition) is 0. The normalized spacial score (nSPS) is 10.4. The topological polar surface area (TPSA) is 9.23 Å². The van der Waals surface area contributed by atoms with E-state index in [0.29, 0.717) is 11.3 Å². The quantitative estimate of drug-likeness (QED) is 0.813. The van der Waals surface area contributed by atoms with E-state index >= 15 is 0 Å². The third kappa shape index (κ3) is 3.26. The zero-order chi connectivity index (χ0) is 13.1. The van der Waals surface area contributed by atoms with Crippen molar-refractivity contribution in [2.45, 2.75) is 6.61 Å². The number of halogens is 4. The highest BCUT2D eigenvalue weighted by atomic mass is 79.9. The Balaban J connectivity index is 2.08. The molecule has 0 amide bonds. The van der Waals surface area contributed by atoms with Crippen molar-refractivity contribution in [1.82, 2.24) is 0 Å². The van der Waals surface area contributed by atoms with Crippen LogP contribution in [-0.4, -0.2) is 0 Å². The van der Waals surface area contributed by atoms with Crippen molar-refractivity contribution in [1.29, 1.82) is 0 Å². The smallest absolute Gasteiger partial charge is 0.137 e. The van der Waals surface area contributed by atoms with Crippen LogP contribution in [0.1, 0.15) is 5.56 Å². The molecule has 0 aromatic heterocycles. The predicted octanol–water partition coefficient (Wildman–Crippen LogP) is 4.45. The highest BCUT2D eigenvalue weighted by Gasteiger charge is 2.04. The van der Waals surface area contributed by atoms with Gasteiger partial charge in [0.2, 0.25) is 0 Å². The average Bonchev–Trinajstić information content (AvgIpc) is 2.29. The first-order chi connectivity index (χ1) is 8.54. The van der Waals surface area contributed by atoms with Gasteiger partial charge in [-0.2, -0.15) is 0 Å². The predicted molar refractivity (Wildman–Crippen MR) is 64.8 cm³/mol. The minimum Gasteiger partial charge on any atom is -0.489 e. The van der Waals surface area contributed by atoms with E-state index in [1.165, 1.54) is 30.3 Å². The largest absolute Gasteiger partial charge is 0.489 e. The van der Waals surface area contributed by atoms with Crippen molar-refractivity contribution in [3.8, 4) is 5.75 Å². The molecule has 0 atom stereocenters. The molecule has 0 aliphatic carbocycles. The highest BCUT2D eigenvalue weighted by molar-refractivity contribution is 9.10. The monoisotopic (exact) mass is 316 g/mol. The summed E-state index contributed by atoms with van der Waals surface area (Å²) in [5, 5.41) is 0. The van der Waals surface area contributed by atoms with Gasteiger partial charge in [0.15, 0.2) is 0 Å². The molecule has 0 bridgehead atoms. The first kappa shape index (κ1) is 13.0. The first-order valence-electron chi connectivity index (χ1n) is 5.07. The molecule has 0 saturated carbocycles. The molecule has 0 saturated heterocycles. The van der Waals surface area contributed by atoms with Crippen molar-refractivity contribution in [3.05, 3.63) is 63.9 Å². The van der Waals surface area contributed by atoms with Gasteiger partial charge in [-0.3, -0.25) is 0 Å². The van der Waals surface area contributed by atoms with Crippen LogP contribution in [0.4, 0.5) is 13.2 Å². The van der Waals surface area contributed by atoms with Crippen LogP contribution >= 0.6 is 15.9 Å². The maximum Gasteiger partial charge on any atom is 0.137 e. The Morgan fingerprint density at radius 3 is 2.22 bits per heavy atom. The molecule has 0 fully saturated rings.